The molecule has 1 N–H and O–H groups in total. The van der Waals surface area contributed by atoms with Gasteiger partial charge in [-0.25, -0.2) is 9.67 Å². The van der Waals surface area contributed by atoms with Gasteiger partial charge in [0.25, 0.3) is 0 Å². The van der Waals surface area contributed by atoms with Crippen molar-refractivity contribution in [3.05, 3.63) is 30.1 Å². The first-order valence-electron chi connectivity index (χ1n) is 6.63. The second-order valence-electron chi connectivity index (χ2n) is 5.18. The summed E-state index contributed by atoms with van der Waals surface area (Å²) in [4.78, 5) is 4.38. The van der Waals surface area contributed by atoms with Crippen LogP contribution >= 0.6 is 0 Å². The van der Waals surface area contributed by atoms with Crippen LogP contribution in [0.15, 0.2) is 18.6 Å². The maximum atomic E-state index is 4.38. The molecule has 0 spiro atoms. The molecule has 0 saturated carbocycles. The van der Waals surface area contributed by atoms with Crippen molar-refractivity contribution in [2.75, 3.05) is 7.05 Å². The van der Waals surface area contributed by atoms with Crippen LogP contribution in [0.25, 0.3) is 0 Å². The summed E-state index contributed by atoms with van der Waals surface area (Å²) < 4.78 is 3.88. The van der Waals surface area contributed by atoms with Crippen molar-refractivity contribution in [1.29, 1.82) is 0 Å². The van der Waals surface area contributed by atoms with Gasteiger partial charge < -0.3 is 5.32 Å². The lowest BCUT2D eigenvalue weighted by Crippen LogP contribution is -2.24. The van der Waals surface area contributed by atoms with Crippen molar-refractivity contribution >= 4 is 0 Å². The van der Waals surface area contributed by atoms with Gasteiger partial charge in [0, 0.05) is 26.2 Å². The minimum absolute atomic E-state index is 0.197. The molecule has 2 aromatic rings. The number of rotatable bonds is 6. The lowest BCUT2D eigenvalue weighted by Gasteiger charge is -2.17. The molecule has 19 heavy (non-hydrogen) atoms. The number of hydrogen-bond donors (Lipinski definition) is 1. The Kier molecular flexibility index (Phi) is 4.31. The minimum atomic E-state index is 0.197. The molecule has 0 amide bonds. The zero-order valence-electron chi connectivity index (χ0n) is 12.0. The Morgan fingerprint density at radius 3 is 2.68 bits per heavy atom. The summed E-state index contributed by atoms with van der Waals surface area (Å²) in [7, 11) is 3.92. The van der Waals surface area contributed by atoms with Gasteiger partial charge in [-0.2, -0.15) is 10.2 Å². The summed E-state index contributed by atoms with van der Waals surface area (Å²) in [6.07, 6.45) is 4.26. The van der Waals surface area contributed by atoms with Crippen molar-refractivity contribution in [2.24, 2.45) is 13.0 Å². The number of hydrogen-bond acceptors (Lipinski definition) is 4. The van der Waals surface area contributed by atoms with E-state index < -0.39 is 0 Å². The van der Waals surface area contributed by atoms with Gasteiger partial charge in [-0.1, -0.05) is 13.8 Å². The summed E-state index contributed by atoms with van der Waals surface area (Å²) in [6.45, 7) is 5.27. The molecular weight excluding hydrogens is 240 g/mol. The molecule has 0 bridgehead atoms. The highest BCUT2D eigenvalue weighted by Crippen LogP contribution is 2.16. The molecule has 0 saturated heterocycles. The van der Waals surface area contributed by atoms with Gasteiger partial charge in [0.05, 0.1) is 11.7 Å². The quantitative estimate of drug-likeness (QED) is 0.849. The van der Waals surface area contributed by atoms with Crippen LogP contribution in [-0.2, 0) is 20.0 Å². The molecule has 1 atom stereocenters. The van der Waals surface area contributed by atoms with E-state index in [0.717, 1.165) is 24.5 Å². The van der Waals surface area contributed by atoms with Gasteiger partial charge in [-0.05, 0) is 19.0 Å². The lowest BCUT2D eigenvalue weighted by atomic mass is 10.1. The molecule has 2 aromatic heterocycles. The molecule has 2 heterocycles. The lowest BCUT2D eigenvalue weighted by molar-refractivity contribution is 0.445. The van der Waals surface area contributed by atoms with Crippen molar-refractivity contribution in [2.45, 2.75) is 32.9 Å². The van der Waals surface area contributed by atoms with Crippen LogP contribution in [0.1, 0.15) is 31.4 Å². The molecular formula is C13H22N6. The van der Waals surface area contributed by atoms with Crippen molar-refractivity contribution in [1.82, 2.24) is 29.9 Å². The number of nitrogens with zero attached hydrogens (tertiary/aromatic N) is 5. The third kappa shape index (κ3) is 3.20. The molecule has 0 aliphatic heterocycles. The molecule has 6 nitrogen and oxygen atoms in total. The normalized spacial score (nSPS) is 13.1. The van der Waals surface area contributed by atoms with E-state index in [4.69, 9.17) is 0 Å². The van der Waals surface area contributed by atoms with Crippen molar-refractivity contribution in [3.8, 4) is 0 Å². The topological polar surface area (TPSA) is 60.6 Å². The van der Waals surface area contributed by atoms with Gasteiger partial charge in [-0.15, -0.1) is 0 Å². The summed E-state index contributed by atoms with van der Waals surface area (Å²) in [5, 5.41) is 11.8. The zero-order valence-corrected chi connectivity index (χ0v) is 12.0. The Morgan fingerprint density at radius 2 is 2.11 bits per heavy atom. The average Bonchev–Trinajstić information content (AvgIpc) is 2.95. The van der Waals surface area contributed by atoms with Gasteiger partial charge in [0.2, 0.25) is 0 Å². The fourth-order valence-corrected chi connectivity index (χ4v) is 2.21. The maximum Gasteiger partial charge on any atom is 0.138 e. The van der Waals surface area contributed by atoms with E-state index in [0.29, 0.717) is 5.92 Å². The fourth-order valence-electron chi connectivity index (χ4n) is 2.21. The van der Waals surface area contributed by atoms with Gasteiger partial charge in [-0.3, -0.25) is 4.68 Å². The standard InChI is InChI=1S/C13H22N6/c1-10(2)8-19-13(15-9-17-19)7-11(14-3)12-5-6-16-18(12)4/h5-6,9-11,14H,7-8H2,1-4H3. The van der Waals surface area contributed by atoms with E-state index in [1.165, 1.54) is 0 Å². The minimum Gasteiger partial charge on any atom is -0.311 e. The van der Waals surface area contributed by atoms with E-state index in [1.807, 2.05) is 35.7 Å². The number of nitrogens with one attached hydrogen (secondary N) is 1. The summed E-state index contributed by atoms with van der Waals surface area (Å²) in [5.41, 5.74) is 1.15. The first-order valence-corrected chi connectivity index (χ1v) is 6.63. The molecule has 2 rings (SSSR count). The van der Waals surface area contributed by atoms with Gasteiger partial charge in [0.15, 0.2) is 0 Å². The SMILES string of the molecule is CNC(Cc1ncnn1CC(C)C)c1ccnn1C. The Morgan fingerprint density at radius 1 is 1.32 bits per heavy atom. The van der Waals surface area contributed by atoms with Crippen LogP contribution in [0.5, 0.6) is 0 Å². The largest absolute Gasteiger partial charge is 0.311 e. The Hall–Kier alpha value is -1.69. The Balaban J connectivity index is 2.15. The number of likely N-dealkylation sites (N-methyl/N-ethyl adjacent to an activating group) is 1. The van der Waals surface area contributed by atoms with E-state index in [2.05, 4.69) is 34.3 Å². The molecule has 0 aliphatic rings. The molecule has 1 unspecified atom stereocenters. The Bertz CT molecular complexity index is 513. The first kappa shape index (κ1) is 13.7. The van der Waals surface area contributed by atoms with Gasteiger partial charge in [0.1, 0.15) is 12.2 Å². The highest BCUT2D eigenvalue weighted by molar-refractivity contribution is 5.09. The third-order valence-electron chi connectivity index (χ3n) is 3.18. The Labute approximate surface area is 113 Å². The number of aromatic nitrogens is 5. The van der Waals surface area contributed by atoms with E-state index in [-0.39, 0.29) is 6.04 Å². The second kappa shape index (κ2) is 5.97. The highest BCUT2D eigenvalue weighted by atomic mass is 15.3. The monoisotopic (exact) mass is 262 g/mol. The van der Waals surface area contributed by atoms with Crippen LogP contribution in [0.4, 0.5) is 0 Å². The van der Waals surface area contributed by atoms with Crippen LogP contribution in [0.3, 0.4) is 0 Å². The van der Waals surface area contributed by atoms with E-state index >= 15 is 0 Å². The van der Waals surface area contributed by atoms with Crippen LogP contribution < -0.4 is 5.32 Å². The van der Waals surface area contributed by atoms with Gasteiger partial charge >= 0.3 is 0 Å². The summed E-state index contributed by atoms with van der Waals surface area (Å²) in [6, 6.07) is 2.23. The highest BCUT2D eigenvalue weighted by Gasteiger charge is 2.17. The van der Waals surface area contributed by atoms with E-state index in [9.17, 15) is 0 Å². The summed E-state index contributed by atoms with van der Waals surface area (Å²) >= 11 is 0. The number of aryl methyl sites for hydroxylation is 1. The van der Waals surface area contributed by atoms with E-state index in [1.54, 1.807) is 6.33 Å². The molecule has 104 valence electrons. The zero-order chi connectivity index (χ0) is 13.8. The van der Waals surface area contributed by atoms with Crippen molar-refractivity contribution in [3.63, 3.8) is 0 Å². The third-order valence-corrected chi connectivity index (χ3v) is 3.18. The predicted octanol–water partition coefficient (Wildman–Crippen LogP) is 1.17. The van der Waals surface area contributed by atoms with Crippen LogP contribution in [-0.4, -0.2) is 31.6 Å². The maximum absolute atomic E-state index is 4.38. The molecule has 0 fully saturated rings. The van der Waals surface area contributed by atoms with Crippen LogP contribution in [0, 0.1) is 5.92 Å². The smallest absolute Gasteiger partial charge is 0.138 e. The molecule has 0 aromatic carbocycles. The summed E-state index contributed by atoms with van der Waals surface area (Å²) in [5.74, 6) is 1.57. The predicted molar refractivity (Wildman–Crippen MR) is 73.6 cm³/mol. The van der Waals surface area contributed by atoms with Crippen molar-refractivity contribution < 1.29 is 0 Å². The van der Waals surface area contributed by atoms with Crippen LogP contribution in [0.2, 0.25) is 0 Å². The first-order chi connectivity index (χ1) is 9.11. The molecule has 0 radical (unpaired) electrons. The fraction of sp³-hybridized carbons (Fsp3) is 0.615. The average molecular weight is 262 g/mol. The second-order valence-corrected chi connectivity index (χ2v) is 5.18. The molecule has 0 aliphatic carbocycles. The molecule has 6 heteroatoms.